The average Bonchev–Trinajstić information content (AvgIpc) is 3.00. The summed E-state index contributed by atoms with van der Waals surface area (Å²) in [5.74, 6) is -0.541. The molecule has 17 heavy (non-hydrogen) atoms. The lowest BCUT2D eigenvalue weighted by Gasteiger charge is -1.98. The van der Waals surface area contributed by atoms with E-state index < -0.39 is 26.4 Å². The van der Waals surface area contributed by atoms with E-state index in [0.717, 1.165) is 11.8 Å². The number of sulfone groups is 1. The molecule has 0 radical (unpaired) electrons. The first-order chi connectivity index (χ1) is 7.97. The molecule has 0 saturated heterocycles. The van der Waals surface area contributed by atoms with Gasteiger partial charge in [0.25, 0.3) is 0 Å². The molecule has 3 unspecified atom stereocenters. The number of rotatable bonds is 3. The molecule has 88 valence electrons. The van der Waals surface area contributed by atoms with Crippen molar-refractivity contribution in [2.75, 3.05) is 6.26 Å². The third kappa shape index (κ3) is 1.65. The zero-order chi connectivity index (χ0) is 12.7. The van der Waals surface area contributed by atoms with Crippen LogP contribution in [0.2, 0.25) is 0 Å². The Kier molecular flexibility index (Phi) is 2.55. The van der Waals surface area contributed by atoms with Gasteiger partial charge in [0.2, 0.25) is 0 Å². The summed E-state index contributed by atoms with van der Waals surface area (Å²) in [7, 11) is -3.41. The van der Waals surface area contributed by atoms with Crippen LogP contribution < -0.4 is 0 Å². The van der Waals surface area contributed by atoms with Crippen molar-refractivity contribution in [3.8, 4) is 6.07 Å². The van der Waals surface area contributed by atoms with E-state index in [-0.39, 0.29) is 0 Å². The van der Waals surface area contributed by atoms with Crippen molar-refractivity contribution < 1.29 is 13.2 Å². The molecule has 0 bridgehead atoms. The normalized spacial score (nSPS) is 31.5. The Morgan fingerprint density at radius 2 is 1.94 bits per heavy atom. The number of nitrogens with zero attached hydrogens (tertiary/aromatic N) is 1. The highest BCUT2D eigenvalue weighted by Crippen LogP contribution is 2.61. The molecule has 1 fully saturated rings. The van der Waals surface area contributed by atoms with Gasteiger partial charge in [0.1, 0.15) is 11.7 Å². The van der Waals surface area contributed by atoms with Gasteiger partial charge in [-0.1, -0.05) is 30.3 Å². The van der Waals surface area contributed by atoms with Crippen molar-refractivity contribution >= 4 is 16.1 Å². The van der Waals surface area contributed by atoms with Crippen molar-refractivity contribution in [1.29, 1.82) is 5.26 Å². The van der Waals surface area contributed by atoms with Gasteiger partial charge >= 0.3 is 0 Å². The molecule has 2 rings (SSSR count). The van der Waals surface area contributed by atoms with Gasteiger partial charge in [-0.15, -0.1) is 0 Å². The zero-order valence-electron chi connectivity index (χ0n) is 9.20. The fraction of sp³-hybridized carbons (Fsp3) is 0.333. The molecule has 0 amide bonds. The molecule has 3 atom stereocenters. The standard InChI is InChI=1S/C12H11NO3S/c1-17(15,16)11-10(12(11,7-13)8-14)9-5-3-2-4-6-9/h2-6,8,10-11H,1H3. The molecule has 1 aliphatic carbocycles. The highest BCUT2D eigenvalue weighted by atomic mass is 32.2. The molecule has 1 aliphatic rings. The van der Waals surface area contributed by atoms with Gasteiger partial charge in [-0.2, -0.15) is 5.26 Å². The van der Waals surface area contributed by atoms with Gasteiger partial charge < -0.3 is 4.79 Å². The van der Waals surface area contributed by atoms with Crippen LogP contribution in [0, 0.1) is 16.7 Å². The van der Waals surface area contributed by atoms with Crippen LogP contribution in [-0.4, -0.2) is 26.2 Å². The molecule has 0 aliphatic heterocycles. The molecule has 0 heterocycles. The molecule has 5 heteroatoms. The second-order valence-electron chi connectivity index (χ2n) is 4.30. The number of nitriles is 1. The maximum Gasteiger partial charge on any atom is 0.153 e. The maximum atomic E-state index is 11.6. The van der Waals surface area contributed by atoms with E-state index in [2.05, 4.69) is 0 Å². The third-order valence-corrected chi connectivity index (χ3v) is 4.77. The van der Waals surface area contributed by atoms with Crippen LogP contribution in [0.15, 0.2) is 30.3 Å². The van der Waals surface area contributed by atoms with Crippen LogP contribution >= 0.6 is 0 Å². The van der Waals surface area contributed by atoms with E-state index in [4.69, 9.17) is 5.26 Å². The summed E-state index contributed by atoms with van der Waals surface area (Å²) in [5, 5.41) is 8.16. The second kappa shape index (κ2) is 3.67. The third-order valence-electron chi connectivity index (χ3n) is 3.19. The molecule has 1 saturated carbocycles. The Balaban J connectivity index is 2.50. The lowest BCUT2D eigenvalue weighted by atomic mass is 10.0. The first-order valence-electron chi connectivity index (χ1n) is 5.09. The summed E-state index contributed by atoms with van der Waals surface area (Å²) in [4.78, 5) is 11.1. The molecule has 4 nitrogen and oxygen atoms in total. The van der Waals surface area contributed by atoms with Crippen molar-refractivity contribution in [2.45, 2.75) is 11.2 Å². The molecular weight excluding hydrogens is 238 g/mol. The summed E-state index contributed by atoms with van der Waals surface area (Å²) in [6.07, 6.45) is 1.53. The number of aldehydes is 1. The maximum absolute atomic E-state index is 11.6. The van der Waals surface area contributed by atoms with Gasteiger partial charge in [0, 0.05) is 12.2 Å². The largest absolute Gasteiger partial charge is 0.302 e. The highest BCUT2D eigenvalue weighted by molar-refractivity contribution is 7.91. The van der Waals surface area contributed by atoms with E-state index in [0.29, 0.717) is 6.29 Å². The monoisotopic (exact) mass is 249 g/mol. The molecule has 0 N–H and O–H groups in total. The second-order valence-corrected chi connectivity index (χ2v) is 6.47. The van der Waals surface area contributed by atoms with Gasteiger partial charge in [0.15, 0.2) is 9.84 Å². The fourth-order valence-electron chi connectivity index (χ4n) is 2.39. The van der Waals surface area contributed by atoms with Crippen LogP contribution in [0.1, 0.15) is 11.5 Å². The Morgan fingerprint density at radius 3 is 2.29 bits per heavy atom. The molecule has 0 spiro atoms. The lowest BCUT2D eigenvalue weighted by Crippen LogP contribution is -2.14. The minimum Gasteiger partial charge on any atom is -0.302 e. The van der Waals surface area contributed by atoms with Gasteiger partial charge in [-0.25, -0.2) is 8.42 Å². The number of hydrogen-bond donors (Lipinski definition) is 0. The molecule has 1 aromatic rings. The van der Waals surface area contributed by atoms with E-state index in [1.54, 1.807) is 30.3 Å². The summed E-state index contributed by atoms with van der Waals surface area (Å²) in [5.41, 5.74) is -0.689. The average molecular weight is 249 g/mol. The number of carbonyl (C=O) groups excluding carboxylic acids is 1. The van der Waals surface area contributed by atoms with Crippen LogP contribution in [-0.2, 0) is 14.6 Å². The SMILES string of the molecule is CS(=O)(=O)C1C(c2ccccc2)C1(C#N)C=O. The van der Waals surface area contributed by atoms with Crippen molar-refractivity contribution in [3.05, 3.63) is 35.9 Å². The molecular formula is C12H11NO3S. The Labute approximate surface area is 99.8 Å². The summed E-state index contributed by atoms with van der Waals surface area (Å²) in [6, 6.07) is 10.7. The first-order valence-corrected chi connectivity index (χ1v) is 7.04. The quantitative estimate of drug-likeness (QED) is 0.746. The van der Waals surface area contributed by atoms with Crippen LogP contribution in [0.5, 0.6) is 0 Å². The first kappa shape index (κ1) is 11.8. The summed E-state index contributed by atoms with van der Waals surface area (Å²) < 4.78 is 23.2. The van der Waals surface area contributed by atoms with E-state index in [9.17, 15) is 13.2 Å². The smallest absolute Gasteiger partial charge is 0.153 e. The predicted molar refractivity (Wildman–Crippen MR) is 61.9 cm³/mol. The minimum absolute atomic E-state index is 0.469. The van der Waals surface area contributed by atoms with E-state index >= 15 is 0 Å². The number of carbonyl (C=O) groups is 1. The van der Waals surface area contributed by atoms with E-state index in [1.165, 1.54) is 0 Å². The van der Waals surface area contributed by atoms with Crippen LogP contribution in [0.3, 0.4) is 0 Å². The van der Waals surface area contributed by atoms with Gasteiger partial charge in [-0.05, 0) is 5.56 Å². The molecule has 1 aromatic carbocycles. The van der Waals surface area contributed by atoms with Gasteiger partial charge in [-0.3, -0.25) is 0 Å². The highest BCUT2D eigenvalue weighted by Gasteiger charge is 2.71. The van der Waals surface area contributed by atoms with Crippen molar-refractivity contribution in [1.82, 2.24) is 0 Å². The minimum atomic E-state index is -3.41. The van der Waals surface area contributed by atoms with Crippen LogP contribution in [0.25, 0.3) is 0 Å². The van der Waals surface area contributed by atoms with Crippen molar-refractivity contribution in [2.24, 2.45) is 5.41 Å². The zero-order valence-corrected chi connectivity index (χ0v) is 10.0. The summed E-state index contributed by atoms with van der Waals surface area (Å²) >= 11 is 0. The summed E-state index contributed by atoms with van der Waals surface area (Å²) in [6.45, 7) is 0. The fourth-order valence-corrected chi connectivity index (χ4v) is 4.15. The number of hydrogen-bond acceptors (Lipinski definition) is 4. The lowest BCUT2D eigenvalue weighted by molar-refractivity contribution is -0.110. The van der Waals surface area contributed by atoms with Crippen LogP contribution in [0.4, 0.5) is 0 Å². The van der Waals surface area contributed by atoms with Gasteiger partial charge in [0.05, 0.1) is 11.3 Å². The van der Waals surface area contributed by atoms with Crippen molar-refractivity contribution in [3.63, 3.8) is 0 Å². The molecule has 0 aromatic heterocycles. The Morgan fingerprint density at radius 1 is 1.35 bits per heavy atom. The Bertz CT molecular complexity index is 588. The van der Waals surface area contributed by atoms with E-state index in [1.807, 2.05) is 6.07 Å². The Hall–Kier alpha value is -1.67. The number of benzene rings is 1. The topological polar surface area (TPSA) is 75.0 Å². The predicted octanol–water partition coefficient (Wildman–Crippen LogP) is 0.906.